The summed E-state index contributed by atoms with van der Waals surface area (Å²) in [6.45, 7) is 3.94. The topological polar surface area (TPSA) is 41.1 Å². The summed E-state index contributed by atoms with van der Waals surface area (Å²) in [4.78, 5) is 10.9. The Balaban J connectivity index is 1.99. The highest BCUT2D eigenvalue weighted by Crippen LogP contribution is 2.12. The Morgan fingerprint density at radius 1 is 1.15 bits per heavy atom. The van der Waals surface area contributed by atoms with Crippen LogP contribution in [0.2, 0.25) is 0 Å². The van der Waals surface area contributed by atoms with E-state index in [1.807, 2.05) is 31.3 Å². The van der Waals surface area contributed by atoms with E-state index in [4.69, 9.17) is 0 Å². The zero-order valence-corrected chi connectivity index (χ0v) is 12.2. The first kappa shape index (κ1) is 14.3. The smallest absolute Gasteiger partial charge is 0.227 e. The van der Waals surface area contributed by atoms with Gasteiger partial charge in [0.2, 0.25) is 5.95 Å². The molecule has 0 radical (unpaired) electrons. The summed E-state index contributed by atoms with van der Waals surface area (Å²) in [5.74, 6) is 1.64. The summed E-state index contributed by atoms with van der Waals surface area (Å²) in [7, 11) is 2.01. The van der Waals surface area contributed by atoms with Crippen LogP contribution in [-0.2, 0) is 6.54 Å². The fourth-order valence-electron chi connectivity index (χ4n) is 1.95. The van der Waals surface area contributed by atoms with Gasteiger partial charge in [-0.1, -0.05) is 43.7 Å². The lowest BCUT2D eigenvalue weighted by Crippen LogP contribution is -2.19. The van der Waals surface area contributed by atoms with Crippen molar-refractivity contribution in [2.75, 3.05) is 23.8 Å². The van der Waals surface area contributed by atoms with E-state index in [2.05, 4.69) is 39.2 Å². The van der Waals surface area contributed by atoms with Gasteiger partial charge in [0.1, 0.15) is 5.82 Å². The monoisotopic (exact) mass is 270 g/mol. The molecule has 0 saturated carbocycles. The molecule has 0 spiro atoms. The molecule has 4 heteroatoms. The van der Waals surface area contributed by atoms with Crippen molar-refractivity contribution in [2.45, 2.75) is 26.3 Å². The number of nitrogens with zero attached hydrogens (tertiary/aromatic N) is 3. The largest absolute Gasteiger partial charge is 0.370 e. The van der Waals surface area contributed by atoms with Crippen molar-refractivity contribution in [2.24, 2.45) is 0 Å². The van der Waals surface area contributed by atoms with E-state index >= 15 is 0 Å². The van der Waals surface area contributed by atoms with Crippen LogP contribution in [0.3, 0.4) is 0 Å². The predicted octanol–water partition coefficient (Wildman–Crippen LogP) is 3.33. The van der Waals surface area contributed by atoms with Crippen LogP contribution in [0.4, 0.5) is 11.8 Å². The Kier molecular flexibility index (Phi) is 5.35. The SMILES string of the molecule is CCCCNc1ccnc(N(C)Cc2ccccc2)n1. The second-order valence-corrected chi connectivity index (χ2v) is 4.86. The van der Waals surface area contributed by atoms with E-state index in [0.717, 1.165) is 31.3 Å². The molecule has 2 rings (SSSR count). The minimum absolute atomic E-state index is 0.746. The number of hydrogen-bond acceptors (Lipinski definition) is 4. The molecular formula is C16H22N4. The standard InChI is InChI=1S/C16H22N4/c1-3-4-11-17-15-10-12-18-16(19-15)20(2)13-14-8-6-5-7-9-14/h5-10,12H,3-4,11,13H2,1-2H3,(H,17,18,19). The third-order valence-corrected chi connectivity index (χ3v) is 3.08. The summed E-state index contributed by atoms with van der Waals surface area (Å²) in [6, 6.07) is 12.3. The van der Waals surface area contributed by atoms with Gasteiger partial charge in [-0.05, 0) is 18.1 Å². The predicted molar refractivity (Wildman–Crippen MR) is 84.0 cm³/mol. The van der Waals surface area contributed by atoms with E-state index in [9.17, 15) is 0 Å². The average Bonchev–Trinajstić information content (AvgIpc) is 2.49. The van der Waals surface area contributed by atoms with Crippen molar-refractivity contribution in [3.63, 3.8) is 0 Å². The molecule has 4 nitrogen and oxygen atoms in total. The van der Waals surface area contributed by atoms with Crippen molar-refractivity contribution in [1.29, 1.82) is 0 Å². The second-order valence-electron chi connectivity index (χ2n) is 4.86. The molecule has 0 aliphatic rings. The molecule has 1 aromatic carbocycles. The van der Waals surface area contributed by atoms with Crippen LogP contribution >= 0.6 is 0 Å². The van der Waals surface area contributed by atoms with E-state index in [-0.39, 0.29) is 0 Å². The number of hydrogen-bond donors (Lipinski definition) is 1. The van der Waals surface area contributed by atoms with Crippen LogP contribution in [0, 0.1) is 0 Å². The highest BCUT2D eigenvalue weighted by molar-refractivity contribution is 5.41. The molecule has 1 aromatic heterocycles. The fourth-order valence-corrected chi connectivity index (χ4v) is 1.95. The van der Waals surface area contributed by atoms with E-state index in [0.29, 0.717) is 0 Å². The summed E-state index contributed by atoms with van der Waals surface area (Å²) in [5, 5.41) is 3.33. The van der Waals surface area contributed by atoms with Crippen molar-refractivity contribution in [3.05, 3.63) is 48.2 Å². The summed E-state index contributed by atoms with van der Waals surface area (Å²) < 4.78 is 0. The van der Waals surface area contributed by atoms with E-state index in [1.165, 1.54) is 12.0 Å². The van der Waals surface area contributed by atoms with Crippen molar-refractivity contribution in [3.8, 4) is 0 Å². The number of anilines is 2. The maximum Gasteiger partial charge on any atom is 0.227 e. The van der Waals surface area contributed by atoms with Crippen molar-refractivity contribution in [1.82, 2.24) is 9.97 Å². The summed E-state index contributed by atoms with van der Waals surface area (Å²) >= 11 is 0. The lowest BCUT2D eigenvalue weighted by molar-refractivity contribution is 0.825. The van der Waals surface area contributed by atoms with Crippen LogP contribution in [-0.4, -0.2) is 23.6 Å². The van der Waals surface area contributed by atoms with Crippen LogP contribution in [0.15, 0.2) is 42.6 Å². The van der Waals surface area contributed by atoms with Crippen molar-refractivity contribution >= 4 is 11.8 Å². The zero-order chi connectivity index (χ0) is 14.2. The fraction of sp³-hybridized carbons (Fsp3) is 0.375. The second kappa shape index (κ2) is 7.48. The third-order valence-electron chi connectivity index (χ3n) is 3.08. The number of benzene rings is 1. The summed E-state index contributed by atoms with van der Waals surface area (Å²) in [5.41, 5.74) is 1.25. The molecule has 0 fully saturated rings. The molecule has 0 aliphatic heterocycles. The molecule has 106 valence electrons. The first-order valence-electron chi connectivity index (χ1n) is 7.11. The number of nitrogens with one attached hydrogen (secondary N) is 1. The lowest BCUT2D eigenvalue weighted by atomic mass is 10.2. The van der Waals surface area contributed by atoms with Crippen LogP contribution in [0.5, 0.6) is 0 Å². The summed E-state index contributed by atoms with van der Waals surface area (Å²) in [6.07, 6.45) is 4.14. The molecule has 0 saturated heterocycles. The van der Waals surface area contributed by atoms with Gasteiger partial charge in [0.25, 0.3) is 0 Å². The molecule has 1 heterocycles. The highest BCUT2D eigenvalue weighted by atomic mass is 15.2. The lowest BCUT2D eigenvalue weighted by Gasteiger charge is -2.17. The molecular weight excluding hydrogens is 248 g/mol. The van der Waals surface area contributed by atoms with Gasteiger partial charge in [0, 0.05) is 26.3 Å². The molecule has 0 aliphatic carbocycles. The Morgan fingerprint density at radius 2 is 1.95 bits per heavy atom. The maximum atomic E-state index is 4.54. The van der Waals surface area contributed by atoms with E-state index < -0.39 is 0 Å². The Labute approximate surface area is 120 Å². The Hall–Kier alpha value is -2.10. The number of unbranched alkanes of at least 4 members (excludes halogenated alkanes) is 1. The molecule has 20 heavy (non-hydrogen) atoms. The van der Waals surface area contributed by atoms with Crippen LogP contribution in [0.1, 0.15) is 25.3 Å². The van der Waals surface area contributed by atoms with Gasteiger partial charge in [0.15, 0.2) is 0 Å². The molecule has 0 atom stereocenters. The van der Waals surface area contributed by atoms with E-state index in [1.54, 1.807) is 6.20 Å². The van der Waals surface area contributed by atoms with Gasteiger partial charge >= 0.3 is 0 Å². The third kappa shape index (κ3) is 4.23. The normalized spacial score (nSPS) is 10.3. The number of aromatic nitrogens is 2. The Morgan fingerprint density at radius 3 is 2.70 bits per heavy atom. The minimum atomic E-state index is 0.746. The van der Waals surface area contributed by atoms with Gasteiger partial charge in [-0.2, -0.15) is 4.98 Å². The van der Waals surface area contributed by atoms with Gasteiger partial charge < -0.3 is 10.2 Å². The van der Waals surface area contributed by atoms with Crippen LogP contribution < -0.4 is 10.2 Å². The molecule has 1 N–H and O–H groups in total. The van der Waals surface area contributed by atoms with Gasteiger partial charge in [-0.3, -0.25) is 0 Å². The van der Waals surface area contributed by atoms with Crippen LogP contribution in [0.25, 0.3) is 0 Å². The maximum absolute atomic E-state index is 4.54. The first-order valence-corrected chi connectivity index (χ1v) is 7.11. The molecule has 0 amide bonds. The van der Waals surface area contributed by atoms with Gasteiger partial charge in [0.05, 0.1) is 0 Å². The Bertz CT molecular complexity index is 513. The minimum Gasteiger partial charge on any atom is -0.370 e. The zero-order valence-electron chi connectivity index (χ0n) is 12.2. The first-order chi connectivity index (χ1) is 9.79. The molecule has 0 unspecified atom stereocenters. The molecule has 2 aromatic rings. The molecule has 0 bridgehead atoms. The average molecular weight is 270 g/mol. The van der Waals surface area contributed by atoms with Gasteiger partial charge in [-0.15, -0.1) is 0 Å². The number of rotatable bonds is 7. The quantitative estimate of drug-likeness (QED) is 0.784. The van der Waals surface area contributed by atoms with Crippen molar-refractivity contribution < 1.29 is 0 Å². The van der Waals surface area contributed by atoms with Gasteiger partial charge in [-0.25, -0.2) is 4.98 Å². The highest BCUT2D eigenvalue weighted by Gasteiger charge is 2.05.